The van der Waals surface area contributed by atoms with E-state index in [0.717, 1.165) is 5.56 Å². The van der Waals surface area contributed by atoms with E-state index < -0.39 is 0 Å². The highest BCUT2D eigenvalue weighted by atomic mass is 16.6. The molecule has 13 heavy (non-hydrogen) atoms. The van der Waals surface area contributed by atoms with Crippen LogP contribution in [0.2, 0.25) is 0 Å². The number of nitrogens with one attached hydrogen (secondary N) is 1. The maximum Gasteiger partial charge on any atom is 0.0991 e. The third kappa shape index (κ3) is 2.55. The molecule has 1 aromatic carbocycles. The van der Waals surface area contributed by atoms with Crippen molar-refractivity contribution in [3.8, 4) is 6.07 Å². The maximum absolute atomic E-state index is 8.58. The Morgan fingerprint density at radius 2 is 2.00 bits per heavy atom. The molecule has 3 heteroatoms. The third-order valence-electron chi connectivity index (χ3n) is 1.83. The van der Waals surface area contributed by atoms with Crippen molar-refractivity contribution in [1.82, 2.24) is 5.48 Å². The van der Waals surface area contributed by atoms with E-state index in [9.17, 15) is 0 Å². The third-order valence-corrected chi connectivity index (χ3v) is 1.83. The molecule has 0 aliphatic heterocycles. The Morgan fingerprint density at radius 1 is 1.38 bits per heavy atom. The van der Waals surface area contributed by atoms with E-state index in [-0.39, 0.29) is 6.04 Å². The highest BCUT2D eigenvalue weighted by Crippen LogP contribution is 2.12. The fourth-order valence-electron chi connectivity index (χ4n) is 1.09. The van der Waals surface area contributed by atoms with Crippen LogP contribution in [0.4, 0.5) is 0 Å². The van der Waals surface area contributed by atoms with Crippen molar-refractivity contribution in [3.05, 3.63) is 35.4 Å². The van der Waals surface area contributed by atoms with Gasteiger partial charge in [0.15, 0.2) is 0 Å². The molecule has 0 radical (unpaired) electrons. The van der Waals surface area contributed by atoms with Crippen LogP contribution >= 0.6 is 0 Å². The average molecular weight is 176 g/mol. The minimum Gasteiger partial charge on any atom is -0.305 e. The van der Waals surface area contributed by atoms with Gasteiger partial charge >= 0.3 is 0 Å². The first kappa shape index (κ1) is 9.72. The van der Waals surface area contributed by atoms with E-state index in [1.165, 1.54) is 0 Å². The molecule has 0 spiro atoms. The van der Waals surface area contributed by atoms with E-state index in [1.807, 2.05) is 19.1 Å². The second-order valence-electron chi connectivity index (χ2n) is 2.78. The van der Waals surface area contributed by atoms with Crippen molar-refractivity contribution in [2.45, 2.75) is 13.0 Å². The van der Waals surface area contributed by atoms with Crippen LogP contribution in [0.25, 0.3) is 0 Å². The van der Waals surface area contributed by atoms with Gasteiger partial charge in [0.2, 0.25) is 0 Å². The number of hydrogen-bond donors (Lipinski definition) is 1. The van der Waals surface area contributed by atoms with Crippen LogP contribution in [0.15, 0.2) is 24.3 Å². The van der Waals surface area contributed by atoms with Crippen molar-refractivity contribution in [2.75, 3.05) is 7.11 Å². The maximum atomic E-state index is 8.58. The van der Waals surface area contributed by atoms with E-state index in [0.29, 0.717) is 5.56 Å². The molecule has 0 heterocycles. The Bertz CT molecular complexity index is 300. The number of hydrogen-bond acceptors (Lipinski definition) is 3. The zero-order chi connectivity index (χ0) is 9.68. The fourth-order valence-corrected chi connectivity index (χ4v) is 1.09. The molecule has 68 valence electrons. The van der Waals surface area contributed by atoms with Gasteiger partial charge < -0.3 is 4.84 Å². The molecule has 1 unspecified atom stereocenters. The van der Waals surface area contributed by atoms with Crippen LogP contribution in [-0.2, 0) is 4.84 Å². The van der Waals surface area contributed by atoms with Crippen LogP contribution in [0.3, 0.4) is 0 Å². The number of nitrogens with zero attached hydrogens (tertiary/aromatic N) is 1. The summed E-state index contributed by atoms with van der Waals surface area (Å²) in [6.07, 6.45) is 0. The standard InChI is InChI=1S/C10H12N2O/c1-8(12-13-2)10-5-3-9(7-11)4-6-10/h3-6,8,12H,1-2H3. The average Bonchev–Trinajstić information content (AvgIpc) is 2.18. The molecule has 0 aliphatic rings. The first-order valence-electron chi connectivity index (χ1n) is 4.06. The highest BCUT2D eigenvalue weighted by Gasteiger charge is 2.02. The molecule has 3 nitrogen and oxygen atoms in total. The minimum atomic E-state index is 0.137. The number of hydroxylamine groups is 1. The second-order valence-corrected chi connectivity index (χ2v) is 2.78. The number of rotatable bonds is 3. The lowest BCUT2D eigenvalue weighted by molar-refractivity contribution is 0.0659. The quantitative estimate of drug-likeness (QED) is 0.714. The van der Waals surface area contributed by atoms with Crippen LogP contribution < -0.4 is 5.48 Å². The lowest BCUT2D eigenvalue weighted by Crippen LogP contribution is -2.16. The minimum absolute atomic E-state index is 0.137. The number of nitriles is 1. The van der Waals surface area contributed by atoms with Gasteiger partial charge in [0, 0.05) is 0 Å². The summed E-state index contributed by atoms with van der Waals surface area (Å²) in [6, 6.07) is 9.62. The Balaban J connectivity index is 2.75. The van der Waals surface area contributed by atoms with Crippen molar-refractivity contribution < 1.29 is 4.84 Å². The van der Waals surface area contributed by atoms with E-state index >= 15 is 0 Å². The molecule has 1 aromatic rings. The molecular weight excluding hydrogens is 164 g/mol. The molecule has 0 aromatic heterocycles. The lowest BCUT2D eigenvalue weighted by atomic mass is 10.1. The van der Waals surface area contributed by atoms with Gasteiger partial charge in [-0.1, -0.05) is 12.1 Å². The van der Waals surface area contributed by atoms with Crippen molar-refractivity contribution in [1.29, 1.82) is 5.26 Å². The summed E-state index contributed by atoms with van der Waals surface area (Å²) in [5.41, 5.74) is 4.59. The predicted octanol–water partition coefficient (Wildman–Crippen LogP) is 1.77. The summed E-state index contributed by atoms with van der Waals surface area (Å²) >= 11 is 0. The Hall–Kier alpha value is -1.37. The normalized spacial score (nSPS) is 12.1. The Kier molecular flexibility index (Phi) is 3.44. The van der Waals surface area contributed by atoms with Gasteiger partial charge in [0.1, 0.15) is 0 Å². The molecule has 0 aliphatic carbocycles. The van der Waals surface area contributed by atoms with Crippen LogP contribution in [0, 0.1) is 11.3 Å². The molecular formula is C10H12N2O. The zero-order valence-corrected chi connectivity index (χ0v) is 7.74. The summed E-state index contributed by atoms with van der Waals surface area (Å²) < 4.78 is 0. The monoisotopic (exact) mass is 176 g/mol. The summed E-state index contributed by atoms with van der Waals surface area (Å²) in [5.74, 6) is 0. The first-order chi connectivity index (χ1) is 6.27. The molecule has 0 fully saturated rings. The smallest absolute Gasteiger partial charge is 0.0991 e. The van der Waals surface area contributed by atoms with Crippen molar-refractivity contribution in [3.63, 3.8) is 0 Å². The van der Waals surface area contributed by atoms with Crippen LogP contribution in [0.1, 0.15) is 24.1 Å². The van der Waals surface area contributed by atoms with Gasteiger partial charge in [-0.25, -0.2) is 0 Å². The molecule has 0 bridgehead atoms. The summed E-state index contributed by atoms with van der Waals surface area (Å²) in [6.45, 7) is 1.99. The molecule has 0 saturated heterocycles. The SMILES string of the molecule is CONC(C)c1ccc(C#N)cc1. The first-order valence-corrected chi connectivity index (χ1v) is 4.06. The van der Waals surface area contributed by atoms with Gasteiger partial charge in [0.05, 0.1) is 24.8 Å². The number of benzene rings is 1. The summed E-state index contributed by atoms with van der Waals surface area (Å²) in [7, 11) is 1.58. The largest absolute Gasteiger partial charge is 0.305 e. The summed E-state index contributed by atoms with van der Waals surface area (Å²) in [4.78, 5) is 4.80. The van der Waals surface area contributed by atoms with Gasteiger partial charge in [0.25, 0.3) is 0 Å². The Morgan fingerprint density at radius 3 is 2.46 bits per heavy atom. The van der Waals surface area contributed by atoms with Crippen LogP contribution in [0.5, 0.6) is 0 Å². The molecule has 0 saturated carbocycles. The molecule has 1 atom stereocenters. The van der Waals surface area contributed by atoms with Gasteiger partial charge in [-0.15, -0.1) is 0 Å². The van der Waals surface area contributed by atoms with Crippen molar-refractivity contribution in [2.24, 2.45) is 0 Å². The molecule has 0 amide bonds. The predicted molar refractivity (Wildman–Crippen MR) is 49.7 cm³/mol. The van der Waals surface area contributed by atoms with Crippen LogP contribution in [-0.4, -0.2) is 7.11 Å². The second kappa shape index (κ2) is 4.61. The summed E-state index contributed by atoms with van der Waals surface area (Å²) in [5, 5.41) is 8.58. The molecule has 1 rings (SSSR count). The van der Waals surface area contributed by atoms with Gasteiger partial charge in [-0.05, 0) is 24.6 Å². The highest BCUT2D eigenvalue weighted by molar-refractivity contribution is 5.32. The topological polar surface area (TPSA) is 45.0 Å². The molecule has 1 N–H and O–H groups in total. The van der Waals surface area contributed by atoms with E-state index in [2.05, 4.69) is 11.5 Å². The fraction of sp³-hybridized carbons (Fsp3) is 0.300. The van der Waals surface area contributed by atoms with E-state index in [4.69, 9.17) is 10.1 Å². The zero-order valence-electron chi connectivity index (χ0n) is 7.74. The van der Waals surface area contributed by atoms with Gasteiger partial charge in [-0.3, -0.25) is 0 Å². The Labute approximate surface area is 77.9 Å². The van der Waals surface area contributed by atoms with Crippen molar-refractivity contribution >= 4 is 0 Å². The van der Waals surface area contributed by atoms with E-state index in [1.54, 1.807) is 19.2 Å². The lowest BCUT2D eigenvalue weighted by Gasteiger charge is -2.11. The van der Waals surface area contributed by atoms with Gasteiger partial charge in [-0.2, -0.15) is 10.7 Å².